The number of carbonyl (C=O) groups excluding carboxylic acids is 10. The molecule has 0 spiro atoms. The molecule has 0 bridgehead atoms. The van der Waals surface area contributed by atoms with Gasteiger partial charge in [-0.2, -0.15) is 45.2 Å². The molecular formula is C73H77F6N8O23S-. The number of unbranched alkanes of at least 4 members (excludes halogenated alkanes) is 2. The lowest BCUT2D eigenvalue weighted by molar-refractivity contribution is -0.193. The first-order valence-electron chi connectivity index (χ1n) is 33.0. The van der Waals surface area contributed by atoms with Gasteiger partial charge in [-0.1, -0.05) is 66.9 Å². The van der Waals surface area contributed by atoms with E-state index >= 15 is 0 Å². The highest BCUT2D eigenvalue weighted by atomic mass is 32.2. The second kappa shape index (κ2) is 50.8. The van der Waals surface area contributed by atoms with Crippen LogP contribution in [0.1, 0.15) is 107 Å². The molecule has 0 radical (unpaired) electrons. The van der Waals surface area contributed by atoms with Crippen LogP contribution in [0.4, 0.5) is 35.9 Å². The van der Waals surface area contributed by atoms with Gasteiger partial charge in [0.2, 0.25) is 29.3 Å². The largest absolute Gasteiger partial charge is 0.516 e. The van der Waals surface area contributed by atoms with Crippen molar-refractivity contribution < 1.29 is 135 Å². The number of ether oxygens (including phenoxy) is 6. The van der Waals surface area contributed by atoms with Crippen LogP contribution in [-0.4, -0.2) is 148 Å². The van der Waals surface area contributed by atoms with E-state index in [4.69, 9.17) is 57.4 Å². The van der Waals surface area contributed by atoms with E-state index in [-0.39, 0.29) is 106 Å². The van der Waals surface area contributed by atoms with Crippen LogP contribution in [0.15, 0.2) is 145 Å². The Morgan fingerprint density at radius 3 is 1.53 bits per heavy atom. The molecule has 596 valence electrons. The third kappa shape index (κ3) is 36.7. The number of halogens is 6. The van der Waals surface area contributed by atoms with E-state index in [1.807, 2.05) is 31.2 Å². The monoisotopic (exact) mass is 1580 g/mol. The number of nitrogens with zero attached hydrogens (tertiary/aromatic N) is 3. The van der Waals surface area contributed by atoms with Crippen LogP contribution in [0.3, 0.4) is 0 Å². The lowest BCUT2D eigenvalue weighted by Crippen LogP contribution is -2.50. The summed E-state index contributed by atoms with van der Waals surface area (Å²) in [4.78, 5) is 135. The van der Waals surface area contributed by atoms with Gasteiger partial charge in [-0.15, -0.1) is 6.54 Å². The SMILES string of the molecule is COc1ccc(COC(=O)CCC(Cc2ccc(OC)cc2)NC(=O)N[C@@H](CCCC[N-]OS(=O)(=O)c2ccc(C)cc2)C(=O)OCc2ccc(OC)cc2)cc1.O=C(O)CCCNC(=O)N[C@@H](CCCCNC(=O)c1ccc([18F])nc1)C(=O)O.O=C(Oc1c(F)c(F)cc(F)c1F)c1ccc([18F])nc1.O=C=O.O=C=O. The van der Waals surface area contributed by atoms with Gasteiger partial charge < -0.3 is 75.0 Å². The van der Waals surface area contributed by atoms with Crippen LogP contribution in [0, 0.1) is 42.1 Å². The second-order valence-corrected chi connectivity index (χ2v) is 24.3. The molecule has 0 aliphatic carbocycles. The fourth-order valence-corrected chi connectivity index (χ4v) is 9.77. The molecule has 0 aliphatic heterocycles. The topological polar surface area (TPSA) is 444 Å². The molecule has 7 rings (SSSR count). The molecule has 38 heteroatoms. The normalized spacial score (nSPS) is 11.1. The number of carbonyl (C=O) groups is 8. The van der Waals surface area contributed by atoms with Crippen molar-refractivity contribution in [2.45, 2.75) is 114 Å². The summed E-state index contributed by atoms with van der Waals surface area (Å²) in [5.74, 6) is -13.3. The zero-order valence-corrected chi connectivity index (χ0v) is 60.6. The van der Waals surface area contributed by atoms with Crippen LogP contribution in [0.25, 0.3) is 5.48 Å². The lowest BCUT2D eigenvalue weighted by atomic mass is 10.0. The first-order chi connectivity index (χ1) is 53.0. The van der Waals surface area contributed by atoms with Gasteiger partial charge in [0, 0.05) is 50.4 Å². The Labute approximate surface area is 631 Å². The number of pyridine rings is 2. The number of rotatable bonds is 37. The summed E-state index contributed by atoms with van der Waals surface area (Å²) in [5.41, 5.74) is 6.90. The Morgan fingerprint density at radius 2 is 1.03 bits per heavy atom. The van der Waals surface area contributed by atoms with Crippen molar-refractivity contribution in [3.05, 3.63) is 214 Å². The summed E-state index contributed by atoms with van der Waals surface area (Å²) in [7, 11) is 0.624. The van der Waals surface area contributed by atoms with E-state index in [9.17, 15) is 73.1 Å². The number of carboxylic acids is 2. The maximum Gasteiger partial charge on any atom is 0.373 e. The molecule has 111 heavy (non-hydrogen) atoms. The van der Waals surface area contributed by atoms with E-state index in [1.54, 1.807) is 82.0 Å². The summed E-state index contributed by atoms with van der Waals surface area (Å²) in [6, 6.07) is 27.8. The number of aryl methyl sites for hydroxylation is 1. The van der Waals surface area contributed by atoms with Crippen molar-refractivity contribution in [3.8, 4) is 23.0 Å². The maximum atomic E-state index is 13.5. The summed E-state index contributed by atoms with van der Waals surface area (Å²) in [5, 5.41) is 30.6. The first-order valence-corrected chi connectivity index (χ1v) is 34.4. The third-order valence-corrected chi connectivity index (χ3v) is 15.8. The molecular weight excluding hydrogens is 1500 g/mol. The highest BCUT2D eigenvalue weighted by molar-refractivity contribution is 7.86. The standard InChI is InChI=1S/C42H50N3O11S.C17H23FN4O6.C12H4F5NO2.2CO2/c1-30-8-23-38(24-9-30)57(49,50)56-43-26-6-5-7-39(41(47)55-29-33-14-21-37(53-4)22-15-33)45-42(48)44-34(27-31-10-17-35(51-2)18-11-31)16-25-40(46)54-28-32-12-19-36(52-3)20-13-32;18-13-7-6-11(10-21-13)15(25)19-8-2-1-4-12(16(26)27)22-17(28)20-9-3-5-14(23)24;13-6-3-7(14)10(17)11(9(6)16)20-12(19)5-1-2-8(15)18-4-5;2*2-1-3/h8-15,17-24,34,39H,5-7,16,25-29H2,1-4H3,(H2,44,45,48);6-7,10,12H,1-5,8-9H2,(H,19,25)(H,23,24)(H,26,27)(H2,20,22,28);1-4H;;/q-1;;;;/t34?,39-;12-;;;/m00.../s1/i;18-1;15-1;;. The number of aromatic nitrogens is 2. The van der Waals surface area contributed by atoms with E-state index in [2.05, 4.69) is 46.8 Å². The van der Waals surface area contributed by atoms with Crippen LogP contribution in [-0.2, 0) is 81.9 Å². The maximum absolute atomic E-state index is 13.5. The Morgan fingerprint density at radius 1 is 0.541 bits per heavy atom. The summed E-state index contributed by atoms with van der Waals surface area (Å²) < 4.78 is 138. The molecule has 1 unspecified atom stereocenters. The van der Waals surface area contributed by atoms with Gasteiger partial charge in [0.15, 0.2) is 11.6 Å². The minimum absolute atomic E-state index is 0.0116. The zero-order valence-electron chi connectivity index (χ0n) is 59.8. The minimum Gasteiger partial charge on any atom is -0.516 e. The molecule has 3 atom stereocenters. The fraction of sp³-hybridized carbons (Fsp3) is 0.315. The zero-order chi connectivity index (χ0) is 82.3. The van der Waals surface area contributed by atoms with E-state index in [0.29, 0.717) is 49.4 Å². The van der Waals surface area contributed by atoms with Gasteiger partial charge >= 0.3 is 54.2 Å². The molecule has 5 amide bonds. The van der Waals surface area contributed by atoms with Crippen LogP contribution >= 0.6 is 0 Å². The van der Waals surface area contributed by atoms with Gasteiger partial charge in [0.1, 0.15) is 42.5 Å². The van der Waals surface area contributed by atoms with E-state index < -0.39 is 117 Å². The molecule has 0 aliphatic rings. The summed E-state index contributed by atoms with van der Waals surface area (Å²) in [6.45, 7) is 2.32. The molecule has 0 saturated carbocycles. The lowest BCUT2D eigenvalue weighted by Gasteiger charge is -2.23. The van der Waals surface area contributed by atoms with Crippen molar-refractivity contribution in [2.24, 2.45) is 0 Å². The van der Waals surface area contributed by atoms with Crippen LogP contribution < -0.4 is 45.5 Å². The quantitative estimate of drug-likeness (QED) is 0.00362. The second-order valence-electron chi connectivity index (χ2n) is 22.7. The predicted octanol–water partition coefficient (Wildman–Crippen LogP) is 9.30. The van der Waals surface area contributed by atoms with Crippen molar-refractivity contribution in [2.75, 3.05) is 41.0 Å². The molecule has 31 nitrogen and oxygen atoms in total. The van der Waals surface area contributed by atoms with Gasteiger partial charge in [0.25, 0.3) is 16.0 Å². The minimum atomic E-state index is -4.07. The number of hydrogen-bond donors (Lipinski definition) is 7. The highest BCUT2D eigenvalue weighted by Crippen LogP contribution is 2.28. The molecule has 0 saturated heterocycles. The average molecular weight is 1580 g/mol. The highest BCUT2D eigenvalue weighted by Gasteiger charge is 2.27. The van der Waals surface area contributed by atoms with Crippen LogP contribution in [0.5, 0.6) is 23.0 Å². The van der Waals surface area contributed by atoms with Crippen molar-refractivity contribution in [1.29, 1.82) is 0 Å². The van der Waals surface area contributed by atoms with Gasteiger partial charge in [0.05, 0.1) is 37.4 Å². The number of methoxy groups -OCH3 is 3. The summed E-state index contributed by atoms with van der Waals surface area (Å²) in [6.07, 6.45) is 5.10. The number of esters is 3. The Hall–Kier alpha value is -12.6. The number of hydrogen-bond acceptors (Lipinski definition) is 23. The fourth-order valence-electron chi connectivity index (χ4n) is 9.00. The number of benzene rings is 5. The van der Waals surface area contributed by atoms with Gasteiger partial charge in [-0.3, -0.25) is 14.4 Å². The Balaban J connectivity index is 0.000000485. The number of carboxylic acid groups (broad SMARTS) is 2. The van der Waals surface area contributed by atoms with Crippen molar-refractivity contribution >= 4 is 70.2 Å². The van der Waals surface area contributed by atoms with Gasteiger partial charge in [-0.05, 0) is 141 Å². The number of urea groups is 2. The first kappa shape index (κ1) is 92.6. The smallest absolute Gasteiger partial charge is 0.373 e. The number of nitrogens with one attached hydrogen (secondary N) is 5. The number of hydroxylamine groups is 1. The molecule has 5 aromatic carbocycles. The molecule has 7 N–H and O–H groups in total. The molecule has 2 aromatic heterocycles. The molecule has 7 aromatic rings. The average Bonchev–Trinajstić information content (AvgIpc) is 0.812. The number of amides is 5. The van der Waals surface area contributed by atoms with Gasteiger partial charge in [-0.25, -0.2) is 42.7 Å². The van der Waals surface area contributed by atoms with Crippen molar-refractivity contribution in [3.63, 3.8) is 0 Å². The number of aliphatic carboxylic acids is 2. The van der Waals surface area contributed by atoms with E-state index in [0.717, 1.165) is 52.8 Å². The summed E-state index contributed by atoms with van der Waals surface area (Å²) >= 11 is 0. The Bertz CT molecular complexity index is 4260. The molecule has 0 fully saturated rings. The Kier molecular flexibility index (Phi) is 42.4. The van der Waals surface area contributed by atoms with E-state index in [1.165, 1.54) is 18.2 Å². The van der Waals surface area contributed by atoms with Crippen LogP contribution in [0.2, 0.25) is 0 Å². The predicted molar refractivity (Wildman–Crippen MR) is 373 cm³/mol. The van der Waals surface area contributed by atoms with Crippen molar-refractivity contribution in [1.82, 2.24) is 36.6 Å². The molecule has 2 heterocycles. The third-order valence-electron chi connectivity index (χ3n) is 14.7.